The second-order valence-corrected chi connectivity index (χ2v) is 2.59. The van der Waals surface area contributed by atoms with Crippen molar-refractivity contribution in [3.63, 3.8) is 0 Å². The lowest BCUT2D eigenvalue weighted by molar-refractivity contribution is 0.813. The Morgan fingerprint density at radius 2 is 1.85 bits per heavy atom. The average Bonchev–Trinajstić information content (AvgIpc) is 2.11. The summed E-state index contributed by atoms with van der Waals surface area (Å²) in [5.41, 5.74) is 7.36. The predicted molar refractivity (Wildman–Crippen MR) is 52.0 cm³/mol. The van der Waals surface area contributed by atoms with Gasteiger partial charge in [-0.2, -0.15) is 0 Å². The highest BCUT2D eigenvalue weighted by molar-refractivity contribution is 5.41. The highest BCUT2D eigenvalue weighted by Gasteiger charge is 2.06. The molecule has 4 nitrogen and oxygen atoms in total. The van der Waals surface area contributed by atoms with Crippen LogP contribution in [0.4, 0.5) is 5.82 Å². The van der Waals surface area contributed by atoms with Crippen LogP contribution in [0.2, 0.25) is 0 Å². The summed E-state index contributed by atoms with van der Waals surface area (Å²) < 4.78 is 0. The molecule has 2 N–H and O–H groups in total. The van der Waals surface area contributed by atoms with Crippen LogP contribution < -0.4 is 5.73 Å². The lowest BCUT2D eigenvalue weighted by atomic mass is 10.1. The molecule has 4 heteroatoms. The van der Waals surface area contributed by atoms with Crippen LogP contribution in [0.1, 0.15) is 11.3 Å². The fraction of sp³-hybridized carbons (Fsp3) is 0.222. The standard InChI is InChI=1S/C9H12N4/c1-3-5-7-8(6-4-2)11-13-12-9(7)10/h3-4H,1-2,5-6H2,(H2,10,11,12). The van der Waals surface area contributed by atoms with Gasteiger partial charge in [0.25, 0.3) is 0 Å². The van der Waals surface area contributed by atoms with Crippen LogP contribution in [0.3, 0.4) is 0 Å². The van der Waals surface area contributed by atoms with E-state index in [2.05, 4.69) is 28.6 Å². The Kier molecular flexibility index (Phi) is 3.14. The maximum absolute atomic E-state index is 5.64. The van der Waals surface area contributed by atoms with Crippen LogP contribution in [0.5, 0.6) is 0 Å². The Morgan fingerprint density at radius 1 is 1.15 bits per heavy atom. The summed E-state index contributed by atoms with van der Waals surface area (Å²) in [6.07, 6.45) is 4.85. The monoisotopic (exact) mass is 176 g/mol. The van der Waals surface area contributed by atoms with Gasteiger partial charge in [0.1, 0.15) is 0 Å². The number of nitrogens with zero attached hydrogens (tertiary/aromatic N) is 3. The van der Waals surface area contributed by atoms with Gasteiger partial charge in [-0.25, -0.2) is 0 Å². The first-order valence-electron chi connectivity index (χ1n) is 3.98. The minimum absolute atomic E-state index is 0.423. The van der Waals surface area contributed by atoms with Gasteiger partial charge in [0.15, 0.2) is 5.82 Å². The summed E-state index contributed by atoms with van der Waals surface area (Å²) in [5.74, 6) is 0.423. The van der Waals surface area contributed by atoms with Crippen molar-refractivity contribution in [3.05, 3.63) is 36.6 Å². The molecule has 0 aromatic carbocycles. The summed E-state index contributed by atoms with van der Waals surface area (Å²) in [7, 11) is 0. The number of hydrogen-bond donors (Lipinski definition) is 1. The minimum atomic E-state index is 0.423. The molecule has 0 saturated heterocycles. The summed E-state index contributed by atoms with van der Waals surface area (Å²) in [6.45, 7) is 7.27. The van der Waals surface area contributed by atoms with Crippen LogP contribution in [0.15, 0.2) is 25.3 Å². The number of anilines is 1. The van der Waals surface area contributed by atoms with E-state index in [-0.39, 0.29) is 0 Å². The SMILES string of the molecule is C=CCc1nnnc(N)c1CC=C. The largest absolute Gasteiger partial charge is 0.382 e. The normalized spacial score (nSPS) is 9.54. The molecule has 0 aliphatic rings. The fourth-order valence-corrected chi connectivity index (χ4v) is 1.06. The summed E-state index contributed by atoms with van der Waals surface area (Å²) >= 11 is 0. The van der Waals surface area contributed by atoms with Crippen molar-refractivity contribution >= 4 is 5.82 Å². The van der Waals surface area contributed by atoms with Crippen LogP contribution >= 0.6 is 0 Å². The number of allylic oxidation sites excluding steroid dienone is 2. The van der Waals surface area contributed by atoms with Crippen molar-refractivity contribution in [2.75, 3.05) is 5.73 Å². The summed E-state index contributed by atoms with van der Waals surface area (Å²) in [4.78, 5) is 0. The van der Waals surface area contributed by atoms with Crippen molar-refractivity contribution in [1.29, 1.82) is 0 Å². The van der Waals surface area contributed by atoms with Crippen LogP contribution in [-0.4, -0.2) is 15.4 Å². The van der Waals surface area contributed by atoms with Crippen molar-refractivity contribution < 1.29 is 0 Å². The first kappa shape index (κ1) is 9.38. The molecule has 0 saturated carbocycles. The lowest BCUT2D eigenvalue weighted by Gasteiger charge is -2.04. The molecule has 0 bridgehead atoms. The Morgan fingerprint density at radius 3 is 2.46 bits per heavy atom. The molecule has 1 rings (SSSR count). The second kappa shape index (κ2) is 4.35. The van der Waals surface area contributed by atoms with Crippen LogP contribution in [0, 0.1) is 0 Å². The lowest BCUT2D eigenvalue weighted by Crippen LogP contribution is -2.06. The van der Waals surface area contributed by atoms with Gasteiger partial charge in [0, 0.05) is 12.0 Å². The maximum Gasteiger partial charge on any atom is 0.153 e. The van der Waals surface area contributed by atoms with Gasteiger partial charge in [-0.1, -0.05) is 12.2 Å². The van der Waals surface area contributed by atoms with Crippen molar-refractivity contribution in [2.45, 2.75) is 12.8 Å². The molecule has 0 amide bonds. The van der Waals surface area contributed by atoms with Gasteiger partial charge in [0.2, 0.25) is 0 Å². The average molecular weight is 176 g/mol. The van der Waals surface area contributed by atoms with E-state index in [9.17, 15) is 0 Å². The highest BCUT2D eigenvalue weighted by atomic mass is 15.3. The van der Waals surface area contributed by atoms with Crippen LogP contribution in [0.25, 0.3) is 0 Å². The molecule has 0 aliphatic heterocycles. The number of hydrogen-bond acceptors (Lipinski definition) is 4. The number of rotatable bonds is 4. The third-order valence-electron chi connectivity index (χ3n) is 1.66. The molecule has 0 atom stereocenters. The van der Waals surface area contributed by atoms with Gasteiger partial charge in [-0.3, -0.25) is 0 Å². The number of nitrogen functional groups attached to an aromatic ring is 1. The fourth-order valence-electron chi connectivity index (χ4n) is 1.06. The molecule has 0 radical (unpaired) electrons. The molecular formula is C9H12N4. The van der Waals surface area contributed by atoms with E-state index in [1.54, 1.807) is 12.2 Å². The topological polar surface area (TPSA) is 64.7 Å². The zero-order chi connectivity index (χ0) is 9.68. The third kappa shape index (κ3) is 2.11. The van der Waals surface area contributed by atoms with E-state index in [1.807, 2.05) is 0 Å². The molecule has 0 aliphatic carbocycles. The van der Waals surface area contributed by atoms with Crippen molar-refractivity contribution in [3.8, 4) is 0 Å². The smallest absolute Gasteiger partial charge is 0.153 e. The first-order valence-corrected chi connectivity index (χ1v) is 3.98. The zero-order valence-electron chi connectivity index (χ0n) is 7.40. The molecule has 1 aromatic heterocycles. The molecule has 1 heterocycles. The van der Waals surface area contributed by atoms with Gasteiger partial charge in [-0.05, 0) is 11.6 Å². The Labute approximate surface area is 77.2 Å². The minimum Gasteiger partial charge on any atom is -0.382 e. The van der Waals surface area contributed by atoms with E-state index in [0.717, 1.165) is 11.3 Å². The zero-order valence-corrected chi connectivity index (χ0v) is 7.40. The van der Waals surface area contributed by atoms with Gasteiger partial charge in [-0.15, -0.1) is 23.4 Å². The van der Waals surface area contributed by atoms with Crippen LogP contribution in [-0.2, 0) is 12.8 Å². The van der Waals surface area contributed by atoms with E-state index < -0.39 is 0 Å². The summed E-state index contributed by atoms with van der Waals surface area (Å²) in [5, 5.41) is 11.1. The predicted octanol–water partition coefficient (Wildman–Crippen LogP) is 0.911. The van der Waals surface area contributed by atoms with E-state index >= 15 is 0 Å². The van der Waals surface area contributed by atoms with Gasteiger partial charge < -0.3 is 5.73 Å². The third-order valence-corrected chi connectivity index (χ3v) is 1.66. The molecule has 0 unspecified atom stereocenters. The van der Waals surface area contributed by atoms with Gasteiger partial charge in [0.05, 0.1) is 5.69 Å². The highest BCUT2D eigenvalue weighted by Crippen LogP contribution is 2.12. The maximum atomic E-state index is 5.64. The molecular weight excluding hydrogens is 164 g/mol. The first-order chi connectivity index (χ1) is 6.29. The van der Waals surface area contributed by atoms with E-state index in [1.165, 1.54) is 0 Å². The Bertz CT molecular complexity index is 319. The molecule has 0 spiro atoms. The number of aromatic nitrogens is 3. The van der Waals surface area contributed by atoms with Crippen molar-refractivity contribution in [1.82, 2.24) is 15.4 Å². The van der Waals surface area contributed by atoms with Gasteiger partial charge >= 0.3 is 0 Å². The molecule has 68 valence electrons. The van der Waals surface area contributed by atoms with Crippen molar-refractivity contribution in [2.24, 2.45) is 0 Å². The quantitative estimate of drug-likeness (QED) is 0.692. The Hall–Kier alpha value is -1.71. The molecule has 0 fully saturated rings. The van der Waals surface area contributed by atoms with E-state index in [4.69, 9.17) is 5.73 Å². The number of nitrogens with two attached hydrogens (primary N) is 1. The Balaban J connectivity index is 3.08. The summed E-state index contributed by atoms with van der Waals surface area (Å²) in [6, 6.07) is 0. The molecule has 13 heavy (non-hydrogen) atoms. The molecule has 1 aromatic rings. The second-order valence-electron chi connectivity index (χ2n) is 2.59. The van der Waals surface area contributed by atoms with E-state index in [0.29, 0.717) is 18.7 Å².